The van der Waals surface area contributed by atoms with Crippen LogP contribution in [0.4, 0.5) is 0 Å². The van der Waals surface area contributed by atoms with Crippen molar-refractivity contribution in [3.63, 3.8) is 0 Å². The molecule has 1 heterocycles. The zero-order valence-corrected chi connectivity index (χ0v) is 20.5. The zero-order valence-electron chi connectivity index (χ0n) is 20.5. The maximum absolute atomic E-state index is 13.5. The van der Waals surface area contributed by atoms with Crippen LogP contribution >= 0.6 is 0 Å². The Balaban J connectivity index is 1.88. The number of amides is 1. The summed E-state index contributed by atoms with van der Waals surface area (Å²) in [7, 11) is 0. The van der Waals surface area contributed by atoms with Gasteiger partial charge in [-0.15, -0.1) is 0 Å². The molecule has 8 nitrogen and oxygen atoms in total. The molecular formula is C28H30N2O6. The minimum absolute atomic E-state index is 0.173. The van der Waals surface area contributed by atoms with Crippen LogP contribution in [0.2, 0.25) is 0 Å². The van der Waals surface area contributed by atoms with Crippen molar-refractivity contribution in [2.45, 2.75) is 51.3 Å². The Kier molecular flexibility index (Phi) is 8.42. The molecule has 0 aliphatic heterocycles. The minimum atomic E-state index is -1.36. The summed E-state index contributed by atoms with van der Waals surface area (Å²) in [6.45, 7) is 5.12. The molecule has 0 saturated carbocycles. The number of hydrogen-bond acceptors (Lipinski definition) is 5. The van der Waals surface area contributed by atoms with Crippen molar-refractivity contribution in [1.29, 1.82) is 0 Å². The topological polar surface area (TPSA) is 115 Å². The summed E-state index contributed by atoms with van der Waals surface area (Å²) in [6, 6.07) is 19.9. The second-order valence-corrected chi connectivity index (χ2v) is 9.35. The van der Waals surface area contributed by atoms with E-state index in [-0.39, 0.29) is 18.4 Å². The summed E-state index contributed by atoms with van der Waals surface area (Å²) < 4.78 is 6.66. The van der Waals surface area contributed by atoms with Crippen molar-refractivity contribution in [2.24, 2.45) is 0 Å². The second kappa shape index (κ2) is 11.5. The SMILES string of the molecule is CC(C)(C)OC(=O)CC[C@H](NC(=O)c1cccn(C(c2ccccc2)c2ccccc2)c1=O)C(=O)O. The quantitative estimate of drug-likeness (QED) is 0.441. The molecule has 2 N–H and O–H groups in total. The first-order valence-electron chi connectivity index (χ1n) is 11.6. The average molecular weight is 491 g/mol. The van der Waals surface area contributed by atoms with E-state index in [4.69, 9.17) is 4.74 Å². The number of pyridine rings is 1. The zero-order chi connectivity index (χ0) is 26.3. The van der Waals surface area contributed by atoms with Gasteiger partial charge in [0.25, 0.3) is 11.5 Å². The molecule has 3 aromatic rings. The molecule has 0 fully saturated rings. The average Bonchev–Trinajstić information content (AvgIpc) is 2.83. The van der Waals surface area contributed by atoms with Gasteiger partial charge in [-0.1, -0.05) is 60.7 Å². The molecule has 0 spiro atoms. The summed E-state index contributed by atoms with van der Waals surface area (Å²) in [5.41, 5.74) is 0.234. The molecule has 188 valence electrons. The maximum Gasteiger partial charge on any atom is 0.326 e. The van der Waals surface area contributed by atoms with Gasteiger partial charge in [-0.25, -0.2) is 4.79 Å². The first-order chi connectivity index (χ1) is 17.1. The van der Waals surface area contributed by atoms with Gasteiger partial charge in [0.1, 0.15) is 17.2 Å². The first kappa shape index (κ1) is 26.4. The van der Waals surface area contributed by atoms with Crippen LogP contribution in [0.25, 0.3) is 0 Å². The normalized spacial score (nSPS) is 12.1. The highest BCUT2D eigenvalue weighted by Gasteiger charge is 2.26. The molecule has 0 unspecified atom stereocenters. The lowest BCUT2D eigenvalue weighted by Gasteiger charge is -2.22. The first-order valence-corrected chi connectivity index (χ1v) is 11.6. The Morgan fingerprint density at radius 1 is 0.917 bits per heavy atom. The highest BCUT2D eigenvalue weighted by molar-refractivity contribution is 5.96. The number of nitrogens with one attached hydrogen (secondary N) is 1. The van der Waals surface area contributed by atoms with Gasteiger partial charge in [-0.3, -0.25) is 14.4 Å². The molecule has 0 aliphatic rings. The number of carboxylic acids is 1. The number of benzene rings is 2. The van der Waals surface area contributed by atoms with Crippen LogP contribution in [0, 0.1) is 0 Å². The van der Waals surface area contributed by atoms with Crippen LogP contribution in [-0.2, 0) is 14.3 Å². The van der Waals surface area contributed by atoms with Gasteiger partial charge in [0, 0.05) is 12.6 Å². The van der Waals surface area contributed by atoms with E-state index in [0.717, 1.165) is 11.1 Å². The molecule has 1 atom stereocenters. The van der Waals surface area contributed by atoms with E-state index in [2.05, 4.69) is 5.32 Å². The molecule has 0 radical (unpaired) electrons. The predicted octanol–water partition coefficient (Wildman–Crippen LogP) is 3.79. The van der Waals surface area contributed by atoms with E-state index in [1.54, 1.807) is 33.0 Å². The number of aromatic nitrogens is 1. The van der Waals surface area contributed by atoms with Crippen LogP contribution in [0.15, 0.2) is 83.8 Å². The third-order valence-electron chi connectivity index (χ3n) is 5.39. The molecule has 0 bridgehead atoms. The van der Waals surface area contributed by atoms with E-state index < -0.39 is 41.1 Å². The lowest BCUT2D eigenvalue weighted by Crippen LogP contribution is -2.44. The summed E-state index contributed by atoms with van der Waals surface area (Å²) >= 11 is 0. The molecule has 1 aromatic heterocycles. The second-order valence-electron chi connectivity index (χ2n) is 9.35. The van der Waals surface area contributed by atoms with Gasteiger partial charge in [-0.2, -0.15) is 0 Å². The van der Waals surface area contributed by atoms with Gasteiger partial charge in [-0.05, 0) is 50.5 Å². The number of carbonyl (C=O) groups excluding carboxylic acids is 2. The predicted molar refractivity (Wildman–Crippen MR) is 135 cm³/mol. The van der Waals surface area contributed by atoms with Crippen molar-refractivity contribution < 1.29 is 24.2 Å². The molecular weight excluding hydrogens is 460 g/mol. The maximum atomic E-state index is 13.5. The molecule has 36 heavy (non-hydrogen) atoms. The van der Waals surface area contributed by atoms with Crippen molar-refractivity contribution in [3.05, 3.63) is 106 Å². The summed E-state index contributed by atoms with van der Waals surface area (Å²) in [4.78, 5) is 50.2. The van der Waals surface area contributed by atoms with Crippen molar-refractivity contribution in [1.82, 2.24) is 9.88 Å². The minimum Gasteiger partial charge on any atom is -0.480 e. The monoisotopic (exact) mass is 490 g/mol. The Bertz CT molecular complexity index is 1220. The molecule has 2 aromatic carbocycles. The lowest BCUT2D eigenvalue weighted by molar-refractivity contribution is -0.155. The molecule has 1 amide bonds. The third-order valence-corrected chi connectivity index (χ3v) is 5.39. The molecule has 8 heteroatoms. The van der Waals surface area contributed by atoms with Gasteiger partial charge < -0.3 is 19.7 Å². The summed E-state index contributed by atoms with van der Waals surface area (Å²) in [5.74, 6) is -2.71. The van der Waals surface area contributed by atoms with E-state index >= 15 is 0 Å². The fourth-order valence-electron chi connectivity index (χ4n) is 3.82. The van der Waals surface area contributed by atoms with Crippen LogP contribution in [0.3, 0.4) is 0 Å². The standard InChI is InChI=1S/C28H30N2O6/c1-28(2,3)36-23(31)17-16-22(27(34)35)29-25(32)21-15-10-18-30(26(21)33)24(19-11-6-4-7-12-19)20-13-8-5-9-14-20/h4-15,18,22,24H,16-17H2,1-3H3,(H,29,32)(H,34,35)/t22-/m0/s1. The van der Waals surface area contributed by atoms with Gasteiger partial charge >= 0.3 is 11.9 Å². The van der Waals surface area contributed by atoms with Crippen LogP contribution < -0.4 is 10.9 Å². The Labute approximate surface area is 209 Å². The Morgan fingerprint density at radius 3 is 1.97 bits per heavy atom. The number of rotatable bonds is 9. The van der Waals surface area contributed by atoms with Crippen molar-refractivity contribution >= 4 is 17.8 Å². The van der Waals surface area contributed by atoms with Crippen LogP contribution in [0.5, 0.6) is 0 Å². The van der Waals surface area contributed by atoms with Crippen LogP contribution in [0.1, 0.15) is 61.1 Å². The highest BCUT2D eigenvalue weighted by atomic mass is 16.6. The van der Waals surface area contributed by atoms with E-state index in [0.29, 0.717) is 0 Å². The fourth-order valence-corrected chi connectivity index (χ4v) is 3.82. The van der Waals surface area contributed by atoms with E-state index in [9.17, 15) is 24.3 Å². The number of carboxylic acid groups (broad SMARTS) is 1. The smallest absolute Gasteiger partial charge is 0.326 e. The van der Waals surface area contributed by atoms with Crippen LogP contribution in [-0.4, -0.2) is 39.2 Å². The number of carbonyl (C=O) groups is 3. The number of hydrogen-bond donors (Lipinski definition) is 2. The number of nitrogens with zero attached hydrogens (tertiary/aromatic N) is 1. The van der Waals surface area contributed by atoms with Gasteiger partial charge in [0.15, 0.2) is 0 Å². The summed E-state index contributed by atoms with van der Waals surface area (Å²) in [5, 5.41) is 12.0. The van der Waals surface area contributed by atoms with E-state index in [1.165, 1.54) is 10.6 Å². The Morgan fingerprint density at radius 2 is 1.47 bits per heavy atom. The van der Waals surface area contributed by atoms with Gasteiger partial charge in [0.2, 0.25) is 0 Å². The molecule has 3 rings (SSSR count). The molecule has 0 saturated heterocycles. The summed E-state index contributed by atoms with van der Waals surface area (Å²) in [6.07, 6.45) is 1.23. The number of ether oxygens (including phenoxy) is 1. The largest absolute Gasteiger partial charge is 0.480 e. The number of aliphatic carboxylic acids is 1. The van der Waals surface area contributed by atoms with Gasteiger partial charge in [0.05, 0.1) is 6.04 Å². The van der Waals surface area contributed by atoms with Crippen molar-refractivity contribution in [2.75, 3.05) is 0 Å². The van der Waals surface area contributed by atoms with Crippen molar-refractivity contribution in [3.8, 4) is 0 Å². The lowest BCUT2D eigenvalue weighted by atomic mass is 9.98. The van der Waals surface area contributed by atoms with E-state index in [1.807, 2.05) is 60.7 Å². The fraction of sp³-hybridized carbons (Fsp3) is 0.286. The Hall–Kier alpha value is -4.20. The highest BCUT2D eigenvalue weighted by Crippen LogP contribution is 2.25. The molecule has 0 aliphatic carbocycles. The third kappa shape index (κ3) is 6.91. The number of esters is 1.